The van der Waals surface area contributed by atoms with Crippen LogP contribution in [0.3, 0.4) is 0 Å². The molecule has 0 fully saturated rings. The Bertz CT molecular complexity index is 952. The molecule has 0 atom stereocenters. The van der Waals surface area contributed by atoms with E-state index < -0.39 is 0 Å². The fourth-order valence-corrected chi connectivity index (χ4v) is 3.34. The second-order valence-electron chi connectivity index (χ2n) is 6.03. The Morgan fingerprint density at radius 2 is 1.54 bits per heavy atom. The molecule has 3 aromatic heterocycles. The maximum atomic E-state index is 4.31. The van der Waals surface area contributed by atoms with E-state index in [9.17, 15) is 0 Å². The van der Waals surface area contributed by atoms with Crippen molar-refractivity contribution in [2.45, 2.75) is 6.92 Å². The van der Waals surface area contributed by atoms with Crippen LogP contribution in [0.15, 0.2) is 53.9 Å². The quantitative estimate of drug-likeness (QED) is 0.367. The monoisotopic (exact) mass is 364 g/mol. The maximum Gasteiger partial charge on any atom is 0.148 e. The van der Waals surface area contributed by atoms with Crippen molar-refractivity contribution in [3.63, 3.8) is 0 Å². The van der Waals surface area contributed by atoms with E-state index >= 15 is 0 Å². The molecule has 26 heavy (non-hydrogen) atoms. The third-order valence-corrected chi connectivity index (χ3v) is 4.95. The van der Waals surface area contributed by atoms with Crippen molar-refractivity contribution in [2.24, 2.45) is 0 Å². The van der Waals surface area contributed by atoms with Crippen LogP contribution in [0.4, 0.5) is 11.6 Å². The van der Waals surface area contributed by atoms with Gasteiger partial charge in [0.1, 0.15) is 11.6 Å². The van der Waals surface area contributed by atoms with Crippen molar-refractivity contribution in [3.8, 4) is 21.8 Å². The summed E-state index contributed by atoms with van der Waals surface area (Å²) in [7, 11) is 0. The lowest BCUT2D eigenvalue weighted by atomic mass is 10.1. The Balaban J connectivity index is 1.27. The summed E-state index contributed by atoms with van der Waals surface area (Å²) < 4.78 is 0. The molecular formula is C19H20N6S. The van der Waals surface area contributed by atoms with Gasteiger partial charge < -0.3 is 10.6 Å². The molecule has 7 heteroatoms. The summed E-state index contributed by atoms with van der Waals surface area (Å²) in [6.07, 6.45) is 0. The second kappa shape index (κ2) is 7.45. The average molecular weight is 364 g/mol. The number of anilines is 2. The first kappa shape index (κ1) is 16.4. The molecule has 0 aliphatic rings. The van der Waals surface area contributed by atoms with Gasteiger partial charge in [-0.05, 0) is 23.9 Å². The summed E-state index contributed by atoms with van der Waals surface area (Å²) in [6.45, 7) is 3.58. The Kier molecular flexibility index (Phi) is 4.70. The van der Waals surface area contributed by atoms with Crippen molar-refractivity contribution in [3.05, 3.63) is 59.5 Å². The van der Waals surface area contributed by atoms with Gasteiger partial charge >= 0.3 is 0 Å². The lowest BCUT2D eigenvalue weighted by Gasteiger charge is -2.03. The van der Waals surface area contributed by atoms with E-state index in [0.29, 0.717) is 0 Å². The standard InChI is InChI=1S/C19H20N6S/c1-13-4-6-14(7-5-13)15-11-18(24-22-15)20-8-9-21-19-12-16(23-25-19)17-3-2-10-26-17/h2-7,10-12H,8-9H2,1H3,(H2,20,22,24)(H2,21,23,25). The zero-order valence-corrected chi connectivity index (χ0v) is 15.2. The summed E-state index contributed by atoms with van der Waals surface area (Å²) in [6, 6.07) is 16.5. The Morgan fingerprint density at radius 1 is 0.885 bits per heavy atom. The molecule has 0 bridgehead atoms. The summed E-state index contributed by atoms with van der Waals surface area (Å²) in [5.74, 6) is 1.68. The Labute approximate surface area is 155 Å². The lowest BCUT2D eigenvalue weighted by Crippen LogP contribution is -2.13. The van der Waals surface area contributed by atoms with E-state index in [0.717, 1.165) is 41.7 Å². The number of rotatable bonds is 7. The van der Waals surface area contributed by atoms with Gasteiger partial charge in [-0.15, -0.1) is 11.3 Å². The van der Waals surface area contributed by atoms with Crippen LogP contribution >= 0.6 is 11.3 Å². The van der Waals surface area contributed by atoms with Crippen molar-refractivity contribution in [1.29, 1.82) is 0 Å². The molecule has 4 aromatic rings. The summed E-state index contributed by atoms with van der Waals surface area (Å²) in [4.78, 5) is 1.18. The molecule has 0 saturated carbocycles. The van der Waals surface area contributed by atoms with Gasteiger partial charge in [0.25, 0.3) is 0 Å². The number of hydrogen-bond donors (Lipinski definition) is 4. The number of aromatic amines is 2. The lowest BCUT2D eigenvalue weighted by molar-refractivity contribution is 1.01. The highest BCUT2D eigenvalue weighted by Crippen LogP contribution is 2.24. The van der Waals surface area contributed by atoms with E-state index in [1.54, 1.807) is 11.3 Å². The number of nitrogens with one attached hydrogen (secondary N) is 4. The van der Waals surface area contributed by atoms with Gasteiger partial charge in [0.05, 0.1) is 16.3 Å². The molecule has 0 unspecified atom stereocenters. The zero-order valence-electron chi connectivity index (χ0n) is 14.4. The first-order valence-electron chi connectivity index (χ1n) is 8.47. The molecule has 3 heterocycles. The summed E-state index contributed by atoms with van der Waals surface area (Å²) in [5.41, 5.74) is 4.42. The predicted molar refractivity (Wildman–Crippen MR) is 108 cm³/mol. The number of aryl methyl sites for hydroxylation is 1. The fraction of sp³-hybridized carbons (Fsp3) is 0.158. The smallest absolute Gasteiger partial charge is 0.148 e. The molecule has 4 N–H and O–H groups in total. The fourth-order valence-electron chi connectivity index (χ4n) is 2.64. The highest BCUT2D eigenvalue weighted by Gasteiger charge is 2.05. The molecule has 6 nitrogen and oxygen atoms in total. The molecule has 1 aromatic carbocycles. The van der Waals surface area contributed by atoms with Crippen LogP contribution in [-0.2, 0) is 0 Å². The molecule has 132 valence electrons. The van der Waals surface area contributed by atoms with Crippen LogP contribution < -0.4 is 10.6 Å². The van der Waals surface area contributed by atoms with Crippen LogP contribution in [0.5, 0.6) is 0 Å². The number of hydrogen-bond acceptors (Lipinski definition) is 5. The molecule has 0 aliphatic heterocycles. The van der Waals surface area contributed by atoms with E-state index in [4.69, 9.17) is 0 Å². The van der Waals surface area contributed by atoms with Crippen molar-refractivity contribution in [1.82, 2.24) is 20.4 Å². The maximum absolute atomic E-state index is 4.31. The largest absolute Gasteiger partial charge is 0.367 e. The van der Waals surface area contributed by atoms with Crippen LogP contribution in [0, 0.1) is 6.92 Å². The first-order valence-corrected chi connectivity index (χ1v) is 9.35. The highest BCUT2D eigenvalue weighted by atomic mass is 32.1. The number of aromatic nitrogens is 4. The van der Waals surface area contributed by atoms with Crippen molar-refractivity contribution in [2.75, 3.05) is 23.7 Å². The molecule has 0 spiro atoms. The van der Waals surface area contributed by atoms with E-state index in [1.165, 1.54) is 10.4 Å². The SMILES string of the molecule is Cc1ccc(-c2cc(NCCNc3cc(-c4cccs4)[nH]n3)n[nH]2)cc1. The minimum atomic E-state index is 0.749. The van der Waals surface area contributed by atoms with E-state index in [2.05, 4.69) is 73.7 Å². The van der Waals surface area contributed by atoms with E-state index in [-0.39, 0.29) is 0 Å². The summed E-state index contributed by atoms with van der Waals surface area (Å²) in [5, 5.41) is 23.4. The Morgan fingerprint density at radius 3 is 2.19 bits per heavy atom. The van der Waals surface area contributed by atoms with Crippen molar-refractivity contribution >= 4 is 23.0 Å². The van der Waals surface area contributed by atoms with Crippen molar-refractivity contribution < 1.29 is 0 Å². The van der Waals surface area contributed by atoms with Crippen LogP contribution in [0.2, 0.25) is 0 Å². The molecule has 0 amide bonds. The summed E-state index contributed by atoms with van der Waals surface area (Å²) >= 11 is 1.69. The van der Waals surface area contributed by atoms with Gasteiger partial charge in [-0.1, -0.05) is 35.9 Å². The molecule has 0 saturated heterocycles. The normalized spacial score (nSPS) is 10.8. The molecule has 0 radical (unpaired) electrons. The van der Waals surface area contributed by atoms with Crippen LogP contribution in [-0.4, -0.2) is 33.5 Å². The number of H-pyrrole nitrogens is 2. The van der Waals surface area contributed by atoms with Gasteiger partial charge in [0.15, 0.2) is 0 Å². The third kappa shape index (κ3) is 3.78. The third-order valence-electron chi connectivity index (χ3n) is 4.04. The van der Waals surface area contributed by atoms with Gasteiger partial charge in [-0.25, -0.2) is 0 Å². The van der Waals surface area contributed by atoms with E-state index in [1.807, 2.05) is 18.2 Å². The number of thiophene rings is 1. The topological polar surface area (TPSA) is 81.4 Å². The molecular weight excluding hydrogens is 344 g/mol. The molecule has 4 rings (SSSR count). The average Bonchev–Trinajstić information content (AvgIpc) is 3.40. The van der Waals surface area contributed by atoms with Crippen LogP contribution in [0.1, 0.15) is 5.56 Å². The predicted octanol–water partition coefficient (Wildman–Crippen LogP) is 4.36. The highest BCUT2D eigenvalue weighted by molar-refractivity contribution is 7.13. The number of nitrogens with zero attached hydrogens (tertiary/aromatic N) is 2. The second-order valence-corrected chi connectivity index (χ2v) is 6.98. The van der Waals surface area contributed by atoms with Crippen LogP contribution in [0.25, 0.3) is 21.8 Å². The number of benzene rings is 1. The first-order chi connectivity index (χ1) is 12.8. The minimum absolute atomic E-state index is 0.749. The van der Waals surface area contributed by atoms with Gasteiger partial charge in [0, 0.05) is 25.2 Å². The zero-order chi connectivity index (χ0) is 17.8. The van der Waals surface area contributed by atoms with Gasteiger partial charge in [-0.3, -0.25) is 10.2 Å². The van der Waals surface area contributed by atoms with Gasteiger partial charge in [0.2, 0.25) is 0 Å². The van der Waals surface area contributed by atoms with Gasteiger partial charge in [-0.2, -0.15) is 10.2 Å². The Hall–Kier alpha value is -3.06. The minimum Gasteiger partial charge on any atom is -0.367 e. The molecule has 0 aliphatic carbocycles.